The van der Waals surface area contributed by atoms with Crippen LogP contribution in [0.1, 0.15) is 51.4 Å². The molecule has 2 aromatic carbocycles. The lowest BCUT2D eigenvalue weighted by molar-refractivity contribution is -0.201. The number of halogens is 1. The first-order chi connectivity index (χ1) is 20.5. The first-order valence-electron chi connectivity index (χ1n) is 14.9. The Hall–Kier alpha value is -2.46. The van der Waals surface area contributed by atoms with Crippen molar-refractivity contribution < 1.29 is 29.3 Å². The van der Waals surface area contributed by atoms with Gasteiger partial charge in [0.25, 0.3) is 0 Å². The summed E-state index contributed by atoms with van der Waals surface area (Å²) in [7, 11) is 0. The number of aliphatic hydroxyl groups is 2. The molecule has 43 heavy (non-hydrogen) atoms. The van der Waals surface area contributed by atoms with Gasteiger partial charge in [-0.25, -0.2) is 0 Å². The third kappa shape index (κ3) is 4.25. The summed E-state index contributed by atoms with van der Waals surface area (Å²) in [6.07, 6.45) is 5.86. The molecule has 3 saturated carbocycles. The van der Waals surface area contributed by atoms with Gasteiger partial charge in [-0.15, -0.1) is 0 Å². The fourth-order valence-electron chi connectivity index (χ4n) is 9.25. The molecule has 1 heterocycles. The lowest BCUT2D eigenvalue weighted by Gasteiger charge is -2.59. The van der Waals surface area contributed by atoms with Gasteiger partial charge in [0, 0.05) is 32.1 Å². The zero-order chi connectivity index (χ0) is 30.3. The summed E-state index contributed by atoms with van der Waals surface area (Å²) in [5, 5.41) is 22.5. The van der Waals surface area contributed by atoms with Gasteiger partial charge >= 0.3 is 0 Å². The molecule has 0 amide bonds. The van der Waals surface area contributed by atoms with E-state index in [1.165, 1.54) is 0 Å². The van der Waals surface area contributed by atoms with E-state index in [2.05, 4.69) is 6.92 Å². The first kappa shape index (κ1) is 29.3. The van der Waals surface area contributed by atoms with Crippen LogP contribution in [0.25, 0.3) is 0 Å². The number of ketones is 2. The van der Waals surface area contributed by atoms with E-state index in [4.69, 9.17) is 26.8 Å². The number of ether oxygens (including phenoxy) is 2. The molecule has 4 N–H and O–H groups in total. The monoisotopic (exact) mass is 621 g/mol. The van der Waals surface area contributed by atoms with Gasteiger partial charge in [-0.2, -0.15) is 0 Å². The van der Waals surface area contributed by atoms with Crippen LogP contribution in [-0.4, -0.2) is 46.2 Å². The number of hydrogen-bond acceptors (Lipinski definition) is 8. The average molecular weight is 622 g/mol. The Morgan fingerprint density at radius 3 is 2.63 bits per heavy atom. The van der Waals surface area contributed by atoms with Crippen molar-refractivity contribution in [3.63, 3.8) is 0 Å². The molecule has 9 heteroatoms. The number of nitrogen functional groups attached to an aromatic ring is 1. The van der Waals surface area contributed by atoms with Gasteiger partial charge in [-0.3, -0.25) is 9.59 Å². The van der Waals surface area contributed by atoms with E-state index >= 15 is 0 Å². The van der Waals surface area contributed by atoms with Gasteiger partial charge in [0.2, 0.25) is 0 Å². The van der Waals surface area contributed by atoms with Gasteiger partial charge in [0.15, 0.2) is 23.5 Å². The zero-order valence-corrected chi connectivity index (χ0v) is 25.7. The minimum atomic E-state index is -1.37. The summed E-state index contributed by atoms with van der Waals surface area (Å²) in [5.41, 5.74) is 5.84. The Kier molecular flexibility index (Phi) is 7.00. The molecule has 0 aromatic heterocycles. The number of anilines is 1. The molecule has 0 bridgehead atoms. The summed E-state index contributed by atoms with van der Waals surface area (Å²) in [5.74, 6) is -0.303. The van der Waals surface area contributed by atoms with Crippen LogP contribution in [0, 0.1) is 28.6 Å². The van der Waals surface area contributed by atoms with Crippen LogP contribution in [-0.2, 0) is 19.1 Å². The van der Waals surface area contributed by atoms with Gasteiger partial charge in [0.1, 0.15) is 6.61 Å². The number of carbonyl (C=O) groups excluding carboxylic acids is 2. The maximum atomic E-state index is 13.7. The molecule has 226 valence electrons. The summed E-state index contributed by atoms with van der Waals surface area (Å²) in [6, 6.07) is 13.3. The number of benzene rings is 2. The van der Waals surface area contributed by atoms with Crippen molar-refractivity contribution >= 4 is 40.6 Å². The molecule has 0 spiro atoms. The van der Waals surface area contributed by atoms with Crippen LogP contribution in [0.3, 0.4) is 0 Å². The fraction of sp³-hybridized carbons (Fsp3) is 0.471. The molecule has 2 unspecified atom stereocenters. The molecule has 7 rings (SSSR count). The smallest absolute Gasteiger partial charge is 0.193 e. The molecule has 7 nitrogen and oxygen atoms in total. The van der Waals surface area contributed by atoms with Crippen LogP contribution in [0.2, 0.25) is 5.02 Å². The van der Waals surface area contributed by atoms with E-state index in [0.717, 1.165) is 33.8 Å². The van der Waals surface area contributed by atoms with E-state index in [0.29, 0.717) is 23.6 Å². The van der Waals surface area contributed by atoms with Crippen LogP contribution >= 0.6 is 23.4 Å². The van der Waals surface area contributed by atoms with E-state index < -0.39 is 47.3 Å². The highest BCUT2D eigenvalue weighted by molar-refractivity contribution is 7.99. The number of nitrogens with two attached hydrogens (primary N) is 1. The predicted molar refractivity (Wildman–Crippen MR) is 163 cm³/mol. The maximum absolute atomic E-state index is 13.7. The van der Waals surface area contributed by atoms with Gasteiger partial charge in [-0.05, 0) is 80.0 Å². The van der Waals surface area contributed by atoms with Crippen LogP contribution in [0.5, 0.6) is 0 Å². The largest absolute Gasteiger partial charge is 0.397 e. The predicted octanol–water partition coefficient (Wildman–Crippen LogP) is 5.68. The van der Waals surface area contributed by atoms with Crippen molar-refractivity contribution in [1.82, 2.24) is 0 Å². The Bertz CT molecular complexity index is 1560. The quantitative estimate of drug-likeness (QED) is 0.365. The molecule has 9 atom stereocenters. The normalized spacial score (nSPS) is 39.5. The molecular formula is C34H36ClNO6S. The van der Waals surface area contributed by atoms with Crippen molar-refractivity contribution in [1.29, 1.82) is 0 Å². The van der Waals surface area contributed by atoms with Gasteiger partial charge in [0.05, 0.1) is 22.9 Å². The highest BCUT2D eigenvalue weighted by atomic mass is 35.5. The second kappa shape index (κ2) is 10.3. The summed E-state index contributed by atoms with van der Waals surface area (Å²) in [4.78, 5) is 27.9. The minimum Gasteiger partial charge on any atom is -0.397 e. The zero-order valence-electron chi connectivity index (χ0n) is 24.2. The standard InChI is InChI=1S/C34H36ClNO6S/c1-32-12-11-20(38)13-19(32)5-9-23-24-15-29-34(28(40)17-37,33(24,2)16-27(39)30(23)32)42-31(41-29)18-3-6-21(7-4-18)43-22-8-10-25(35)26(36)14-22/h3-4,6-8,10-14,23-24,27,29-31,37,39H,5,9,15-17,36H2,1-2H3/t23-,24?,27-,29+,30?,31+,32-,33-,34+/m0/s1. The Balaban J connectivity index is 1.17. The number of fused-ring (bicyclic) bond motifs is 7. The van der Waals surface area contributed by atoms with E-state index in [1.54, 1.807) is 30.0 Å². The molecule has 5 aliphatic rings. The highest BCUT2D eigenvalue weighted by Crippen LogP contribution is 2.70. The van der Waals surface area contributed by atoms with Crippen molar-refractivity contribution in [2.75, 3.05) is 12.3 Å². The van der Waals surface area contributed by atoms with E-state index in [-0.39, 0.29) is 23.5 Å². The van der Waals surface area contributed by atoms with Crippen molar-refractivity contribution in [2.45, 2.75) is 73.4 Å². The lowest BCUT2D eigenvalue weighted by atomic mass is 9.46. The number of aliphatic hydroxyl groups excluding tert-OH is 2. The number of Topliss-reactive ketones (excluding diaryl/α,β-unsaturated/α-hetero) is 1. The van der Waals surface area contributed by atoms with E-state index in [9.17, 15) is 19.8 Å². The highest BCUT2D eigenvalue weighted by Gasteiger charge is 2.75. The average Bonchev–Trinajstić information content (AvgIpc) is 3.48. The molecule has 4 fully saturated rings. The fourth-order valence-corrected chi connectivity index (χ4v) is 10.2. The lowest BCUT2D eigenvalue weighted by Crippen LogP contribution is -2.63. The Labute approximate surface area is 260 Å². The number of hydrogen-bond donors (Lipinski definition) is 3. The van der Waals surface area contributed by atoms with Crippen LogP contribution in [0.15, 0.2) is 76.1 Å². The minimum absolute atomic E-state index is 0.00176. The van der Waals surface area contributed by atoms with Crippen molar-refractivity contribution in [2.24, 2.45) is 28.6 Å². The summed E-state index contributed by atoms with van der Waals surface area (Å²) in [6.45, 7) is 3.51. The van der Waals surface area contributed by atoms with Gasteiger partial charge in [-0.1, -0.05) is 61.0 Å². The van der Waals surface area contributed by atoms with Crippen LogP contribution in [0.4, 0.5) is 5.69 Å². The number of carbonyl (C=O) groups is 2. The third-order valence-electron chi connectivity index (χ3n) is 11.1. The Morgan fingerprint density at radius 1 is 1.16 bits per heavy atom. The number of rotatable bonds is 5. The van der Waals surface area contributed by atoms with Crippen molar-refractivity contribution in [3.8, 4) is 0 Å². The second-order valence-corrected chi connectivity index (χ2v) is 14.7. The van der Waals surface area contributed by atoms with Crippen LogP contribution < -0.4 is 5.73 Å². The van der Waals surface area contributed by atoms with Crippen molar-refractivity contribution in [3.05, 3.63) is 76.9 Å². The SMILES string of the molecule is C[C@]12C=CC(=O)C=C1CC[C@@H]1C2[C@@H](O)C[C@@]2(C)C1C[C@H]1O[C@@H](c3ccc(Sc4ccc(Cl)c(N)c4)cc3)O[C@]12C(=O)CO. The van der Waals surface area contributed by atoms with E-state index in [1.807, 2.05) is 49.4 Å². The summed E-state index contributed by atoms with van der Waals surface area (Å²) >= 11 is 7.62. The second-order valence-electron chi connectivity index (χ2n) is 13.2. The Morgan fingerprint density at radius 2 is 1.91 bits per heavy atom. The third-order valence-corrected chi connectivity index (χ3v) is 12.5. The molecular weight excluding hydrogens is 586 g/mol. The first-order valence-corrected chi connectivity index (χ1v) is 16.1. The summed E-state index contributed by atoms with van der Waals surface area (Å²) < 4.78 is 13.3. The molecule has 4 aliphatic carbocycles. The number of allylic oxidation sites excluding steroid dienone is 4. The maximum Gasteiger partial charge on any atom is 0.193 e. The van der Waals surface area contributed by atoms with Gasteiger partial charge < -0.3 is 25.4 Å². The molecule has 2 aromatic rings. The topological polar surface area (TPSA) is 119 Å². The molecule has 1 aliphatic heterocycles. The molecule has 1 saturated heterocycles. The molecule has 0 radical (unpaired) electrons.